The molecule has 1 N–H and O–H groups in total. The van der Waals surface area contributed by atoms with E-state index in [1.807, 2.05) is 35.8 Å². The summed E-state index contributed by atoms with van der Waals surface area (Å²) in [4.78, 5) is 12.2. The predicted octanol–water partition coefficient (Wildman–Crippen LogP) is 3.32. The number of benzene rings is 2. The minimum Gasteiger partial charge on any atom is -0.497 e. The zero-order valence-electron chi connectivity index (χ0n) is 14.0. The van der Waals surface area contributed by atoms with Crippen LogP contribution in [0.2, 0.25) is 0 Å². The van der Waals surface area contributed by atoms with Gasteiger partial charge in [0.2, 0.25) is 5.91 Å². The number of anilines is 1. The zero-order chi connectivity index (χ0) is 17.6. The van der Waals surface area contributed by atoms with Gasteiger partial charge in [0.15, 0.2) is 5.16 Å². The van der Waals surface area contributed by atoms with Gasteiger partial charge in [-0.2, -0.15) is 0 Å². The van der Waals surface area contributed by atoms with Crippen molar-refractivity contribution in [3.63, 3.8) is 0 Å². The van der Waals surface area contributed by atoms with Crippen molar-refractivity contribution >= 4 is 23.4 Å². The molecule has 1 amide bonds. The smallest absolute Gasteiger partial charge is 0.234 e. The topological polar surface area (TPSA) is 69.0 Å². The lowest BCUT2D eigenvalue weighted by atomic mass is 10.2. The molecule has 3 rings (SSSR count). The molecule has 0 bridgehead atoms. The van der Waals surface area contributed by atoms with Gasteiger partial charge >= 0.3 is 0 Å². The van der Waals surface area contributed by atoms with E-state index in [2.05, 4.69) is 15.5 Å². The predicted molar refractivity (Wildman–Crippen MR) is 98.4 cm³/mol. The maximum Gasteiger partial charge on any atom is 0.234 e. The second-order valence-corrected chi connectivity index (χ2v) is 6.28. The van der Waals surface area contributed by atoms with Gasteiger partial charge in [0, 0.05) is 5.69 Å². The Morgan fingerprint density at radius 2 is 1.96 bits per heavy atom. The molecular formula is C18H18N4O2S. The van der Waals surface area contributed by atoms with Crippen molar-refractivity contribution in [2.75, 3.05) is 18.2 Å². The maximum atomic E-state index is 12.2. The van der Waals surface area contributed by atoms with E-state index in [0.29, 0.717) is 5.16 Å². The summed E-state index contributed by atoms with van der Waals surface area (Å²) >= 11 is 1.34. The molecule has 0 fully saturated rings. The third kappa shape index (κ3) is 4.19. The number of nitrogens with one attached hydrogen (secondary N) is 1. The van der Waals surface area contributed by atoms with Crippen molar-refractivity contribution in [1.29, 1.82) is 0 Å². The average Bonchev–Trinajstić information content (AvgIpc) is 3.09. The molecule has 1 heterocycles. The minimum atomic E-state index is -0.102. The molecule has 0 atom stereocenters. The monoisotopic (exact) mass is 354 g/mol. The minimum absolute atomic E-state index is 0.102. The molecule has 25 heavy (non-hydrogen) atoms. The number of carbonyl (C=O) groups is 1. The van der Waals surface area contributed by atoms with Crippen LogP contribution < -0.4 is 10.1 Å². The number of amides is 1. The fourth-order valence-corrected chi connectivity index (χ4v) is 3.05. The molecule has 0 spiro atoms. The van der Waals surface area contributed by atoms with Crippen LogP contribution in [0.3, 0.4) is 0 Å². The number of nitrogens with zero attached hydrogens (tertiary/aromatic N) is 3. The molecule has 7 heteroatoms. The van der Waals surface area contributed by atoms with Crippen molar-refractivity contribution in [2.24, 2.45) is 0 Å². The van der Waals surface area contributed by atoms with E-state index in [9.17, 15) is 4.79 Å². The standard InChI is InChI=1S/C18H18N4O2S/c1-13-5-3-4-6-16(13)22-12-19-21-18(22)25-11-17(23)20-14-7-9-15(24-2)10-8-14/h3-10,12H,11H2,1-2H3,(H,20,23). The van der Waals surface area contributed by atoms with E-state index < -0.39 is 0 Å². The van der Waals surface area contributed by atoms with E-state index >= 15 is 0 Å². The molecule has 128 valence electrons. The van der Waals surface area contributed by atoms with Gasteiger partial charge in [-0.05, 0) is 42.8 Å². The number of carbonyl (C=O) groups excluding carboxylic acids is 1. The highest BCUT2D eigenvalue weighted by Crippen LogP contribution is 2.22. The molecule has 2 aromatic carbocycles. The van der Waals surface area contributed by atoms with Crippen LogP contribution in [0.5, 0.6) is 5.75 Å². The molecule has 6 nitrogen and oxygen atoms in total. The van der Waals surface area contributed by atoms with Crippen LogP contribution in [-0.2, 0) is 4.79 Å². The molecule has 0 unspecified atom stereocenters. The number of ether oxygens (including phenoxy) is 1. The first-order valence-corrected chi connectivity index (χ1v) is 8.68. The molecule has 0 saturated carbocycles. The Kier molecular flexibility index (Phi) is 5.35. The van der Waals surface area contributed by atoms with Crippen LogP contribution in [0.15, 0.2) is 60.0 Å². The van der Waals surface area contributed by atoms with Crippen LogP contribution in [0, 0.1) is 6.92 Å². The van der Waals surface area contributed by atoms with E-state index in [-0.39, 0.29) is 11.7 Å². The molecule has 0 aliphatic rings. The summed E-state index contributed by atoms with van der Waals surface area (Å²) < 4.78 is 6.99. The number of aryl methyl sites for hydroxylation is 1. The van der Waals surface area contributed by atoms with Crippen molar-refractivity contribution < 1.29 is 9.53 Å². The highest BCUT2D eigenvalue weighted by atomic mass is 32.2. The average molecular weight is 354 g/mol. The van der Waals surface area contributed by atoms with Crippen molar-refractivity contribution in [3.8, 4) is 11.4 Å². The van der Waals surface area contributed by atoms with Gasteiger partial charge < -0.3 is 10.1 Å². The summed E-state index contributed by atoms with van der Waals surface area (Å²) in [6.07, 6.45) is 1.66. The third-order valence-electron chi connectivity index (χ3n) is 3.60. The summed E-state index contributed by atoms with van der Waals surface area (Å²) in [5, 5.41) is 11.6. The summed E-state index contributed by atoms with van der Waals surface area (Å²) in [5.41, 5.74) is 2.85. The Morgan fingerprint density at radius 3 is 2.68 bits per heavy atom. The Balaban J connectivity index is 1.63. The second kappa shape index (κ2) is 7.85. The summed E-state index contributed by atoms with van der Waals surface area (Å²) in [5.74, 6) is 0.893. The fourth-order valence-electron chi connectivity index (χ4n) is 2.32. The molecule has 0 aliphatic carbocycles. The number of methoxy groups -OCH3 is 1. The highest BCUT2D eigenvalue weighted by Gasteiger charge is 2.11. The third-order valence-corrected chi connectivity index (χ3v) is 4.54. The second-order valence-electron chi connectivity index (χ2n) is 5.34. The normalized spacial score (nSPS) is 10.5. The van der Waals surface area contributed by atoms with Crippen molar-refractivity contribution in [3.05, 3.63) is 60.4 Å². The van der Waals surface area contributed by atoms with Crippen LogP contribution in [-0.4, -0.2) is 33.5 Å². The van der Waals surface area contributed by atoms with E-state index in [4.69, 9.17) is 4.74 Å². The largest absolute Gasteiger partial charge is 0.497 e. The first-order chi connectivity index (χ1) is 12.2. The summed E-state index contributed by atoms with van der Waals surface area (Å²) in [7, 11) is 1.61. The molecule has 0 aliphatic heterocycles. The van der Waals surface area contributed by atoms with Gasteiger partial charge in [-0.3, -0.25) is 9.36 Å². The zero-order valence-corrected chi connectivity index (χ0v) is 14.8. The van der Waals surface area contributed by atoms with E-state index in [0.717, 1.165) is 22.7 Å². The summed E-state index contributed by atoms with van der Waals surface area (Å²) in [6.45, 7) is 2.03. The van der Waals surface area contributed by atoms with E-state index in [1.165, 1.54) is 11.8 Å². The van der Waals surface area contributed by atoms with E-state index in [1.54, 1.807) is 37.7 Å². The number of para-hydroxylation sites is 1. The number of rotatable bonds is 6. The van der Waals surface area contributed by atoms with Crippen LogP contribution in [0.4, 0.5) is 5.69 Å². The van der Waals surface area contributed by atoms with Crippen molar-refractivity contribution in [2.45, 2.75) is 12.1 Å². The number of aromatic nitrogens is 3. The molecule has 1 aromatic heterocycles. The molecule has 0 saturated heterocycles. The Labute approximate surface area is 150 Å². The lowest BCUT2D eigenvalue weighted by Crippen LogP contribution is -2.14. The maximum absolute atomic E-state index is 12.2. The first-order valence-electron chi connectivity index (χ1n) is 7.70. The van der Waals surface area contributed by atoms with Crippen LogP contribution >= 0.6 is 11.8 Å². The van der Waals surface area contributed by atoms with Gasteiger partial charge in [0.25, 0.3) is 0 Å². The van der Waals surface area contributed by atoms with Crippen molar-refractivity contribution in [1.82, 2.24) is 14.8 Å². The Bertz CT molecular complexity index is 862. The number of hydrogen-bond acceptors (Lipinski definition) is 5. The van der Waals surface area contributed by atoms with Gasteiger partial charge in [-0.1, -0.05) is 30.0 Å². The first kappa shape index (κ1) is 17.0. The number of hydrogen-bond donors (Lipinski definition) is 1. The molecule has 0 radical (unpaired) electrons. The SMILES string of the molecule is COc1ccc(NC(=O)CSc2nncn2-c2ccccc2C)cc1. The van der Waals surface area contributed by atoms with Crippen LogP contribution in [0.1, 0.15) is 5.56 Å². The van der Waals surface area contributed by atoms with Gasteiger partial charge in [0.05, 0.1) is 18.6 Å². The van der Waals surface area contributed by atoms with Gasteiger partial charge in [-0.25, -0.2) is 0 Å². The van der Waals surface area contributed by atoms with Gasteiger partial charge in [-0.15, -0.1) is 10.2 Å². The summed E-state index contributed by atoms with van der Waals surface area (Å²) in [6, 6.07) is 15.2. The molecular weight excluding hydrogens is 336 g/mol. The molecule has 3 aromatic rings. The number of thioether (sulfide) groups is 1. The Morgan fingerprint density at radius 1 is 1.20 bits per heavy atom. The lowest BCUT2D eigenvalue weighted by molar-refractivity contribution is -0.113. The van der Waals surface area contributed by atoms with Gasteiger partial charge in [0.1, 0.15) is 12.1 Å². The van der Waals surface area contributed by atoms with Crippen LogP contribution in [0.25, 0.3) is 5.69 Å². The highest BCUT2D eigenvalue weighted by molar-refractivity contribution is 7.99. The fraction of sp³-hybridized carbons (Fsp3) is 0.167. The Hall–Kier alpha value is -2.80. The lowest BCUT2D eigenvalue weighted by Gasteiger charge is -2.09. The quantitative estimate of drug-likeness (QED) is 0.688.